The molecule has 0 amide bonds. The number of non-ortho nitro benzene ring substituents is 1. The molecule has 4 N–H and O–H groups in total. The Morgan fingerprint density at radius 2 is 1.12 bits per heavy atom. The summed E-state index contributed by atoms with van der Waals surface area (Å²) in [4.78, 5) is 36.5. The number of nitrogens with one attached hydrogen (secondary N) is 4. The highest BCUT2D eigenvalue weighted by Crippen LogP contribution is 2.37. The summed E-state index contributed by atoms with van der Waals surface area (Å²) in [5.41, 5.74) is 17.2. The lowest BCUT2D eigenvalue weighted by molar-refractivity contribution is -0.384. The summed E-state index contributed by atoms with van der Waals surface area (Å²) < 4.78 is 22.4. The number of anilines is 5. The van der Waals surface area contributed by atoms with Crippen LogP contribution >= 0.6 is 0 Å². The zero-order chi connectivity index (χ0) is 42.7. The number of benzene rings is 3. The number of ether oxygens (including phenoxy) is 4. The van der Waals surface area contributed by atoms with Gasteiger partial charge in [0.25, 0.3) is 5.69 Å². The second-order valence-corrected chi connectivity index (χ2v) is 14.1. The second-order valence-electron chi connectivity index (χ2n) is 14.1. The van der Waals surface area contributed by atoms with Crippen molar-refractivity contribution in [1.82, 2.24) is 0 Å². The van der Waals surface area contributed by atoms with Crippen molar-refractivity contribution in [2.45, 2.75) is 97.8 Å². The molecular weight excluding hydrogens is 753 g/mol. The fourth-order valence-electron chi connectivity index (χ4n) is 6.16. The zero-order valence-electron chi connectivity index (χ0n) is 35.2. The van der Waals surface area contributed by atoms with E-state index in [0.717, 1.165) is 36.5 Å². The van der Waals surface area contributed by atoms with Gasteiger partial charge in [0.2, 0.25) is 0 Å². The number of esters is 2. The quantitative estimate of drug-likeness (QED) is 0.0155. The Bertz CT molecular complexity index is 1740. The van der Waals surface area contributed by atoms with Gasteiger partial charge < -0.3 is 34.7 Å². The van der Waals surface area contributed by atoms with Crippen LogP contribution in [0.5, 0.6) is 11.5 Å². The van der Waals surface area contributed by atoms with Crippen molar-refractivity contribution in [2.24, 2.45) is 0 Å². The van der Waals surface area contributed by atoms with Gasteiger partial charge in [-0.15, -0.1) is 0 Å². The molecule has 3 rings (SSSR count). The van der Waals surface area contributed by atoms with Crippen molar-refractivity contribution >= 4 is 46.1 Å². The molecule has 14 heteroatoms. The van der Waals surface area contributed by atoms with Crippen LogP contribution in [0.25, 0.3) is 0 Å². The number of aryl methyl sites for hydroxylation is 1. The van der Waals surface area contributed by atoms with Crippen molar-refractivity contribution in [3.05, 3.63) is 95.6 Å². The Labute approximate surface area is 349 Å². The molecule has 0 aromatic heterocycles. The van der Waals surface area contributed by atoms with E-state index in [4.69, 9.17) is 18.9 Å². The van der Waals surface area contributed by atoms with Crippen LogP contribution in [0.4, 0.5) is 34.1 Å². The maximum Gasteiger partial charge on any atom is 0.330 e. The molecular formula is C45H64N6O8. The maximum absolute atomic E-state index is 11.7. The molecule has 0 aliphatic carbocycles. The van der Waals surface area contributed by atoms with Crippen molar-refractivity contribution in [2.75, 3.05) is 66.1 Å². The summed E-state index contributed by atoms with van der Waals surface area (Å²) in [6.45, 7) is 15.5. The van der Waals surface area contributed by atoms with Crippen molar-refractivity contribution in [3.63, 3.8) is 0 Å². The predicted molar refractivity (Wildman–Crippen MR) is 237 cm³/mol. The van der Waals surface area contributed by atoms with Crippen LogP contribution in [0.3, 0.4) is 0 Å². The highest BCUT2D eigenvalue weighted by molar-refractivity contribution is 5.81. The molecule has 14 nitrogen and oxygen atoms in total. The third-order valence-electron chi connectivity index (χ3n) is 9.48. The minimum atomic E-state index is -0.575. The molecule has 0 aliphatic rings. The minimum absolute atomic E-state index is 0.0188. The first-order valence-electron chi connectivity index (χ1n) is 20.8. The van der Waals surface area contributed by atoms with Crippen molar-refractivity contribution in [3.8, 4) is 11.5 Å². The number of nitro benzene ring substituents is 1. The number of carbonyl (C=O) groups excluding carboxylic acids is 2. The van der Waals surface area contributed by atoms with Gasteiger partial charge in [-0.05, 0) is 55.7 Å². The van der Waals surface area contributed by atoms with Crippen molar-refractivity contribution < 1.29 is 33.5 Å². The van der Waals surface area contributed by atoms with Gasteiger partial charge in [-0.1, -0.05) is 91.2 Å². The molecule has 0 saturated heterocycles. The third kappa shape index (κ3) is 18.0. The van der Waals surface area contributed by atoms with E-state index in [2.05, 4.69) is 78.7 Å². The Balaban J connectivity index is 1.85. The maximum atomic E-state index is 11.7. The molecule has 0 radical (unpaired) electrons. The highest BCUT2D eigenvalue weighted by Gasteiger charge is 2.16. The lowest BCUT2D eigenvalue weighted by Gasteiger charge is -2.26. The van der Waals surface area contributed by atoms with Gasteiger partial charge in [-0.25, -0.2) is 9.59 Å². The molecule has 59 heavy (non-hydrogen) atoms. The Morgan fingerprint density at radius 3 is 1.59 bits per heavy atom. The molecule has 0 saturated carbocycles. The van der Waals surface area contributed by atoms with E-state index in [1.807, 2.05) is 0 Å². The molecule has 0 fully saturated rings. The Kier molecular flexibility index (Phi) is 22.3. The van der Waals surface area contributed by atoms with Crippen LogP contribution in [0.2, 0.25) is 0 Å². The summed E-state index contributed by atoms with van der Waals surface area (Å²) in [6.07, 6.45) is 17.2. The number of nitro groups is 1. The number of unbranched alkanes of at least 4 members (excludes halogenated alkanes) is 10. The number of nitrogens with zero attached hydrogens (tertiary/aromatic N) is 2. The van der Waals surface area contributed by atoms with Gasteiger partial charge in [-0.2, -0.15) is 0 Å². The van der Waals surface area contributed by atoms with Crippen molar-refractivity contribution in [1.29, 1.82) is 0 Å². The molecule has 322 valence electrons. The monoisotopic (exact) mass is 816 g/mol. The molecule has 3 aromatic rings. The summed E-state index contributed by atoms with van der Waals surface area (Å²) in [5.74, 6) is -0.408. The van der Waals surface area contributed by atoms with E-state index >= 15 is 0 Å². The number of hydrazine groups is 2. The minimum Gasteiger partial charge on any atom is -0.488 e. The van der Waals surface area contributed by atoms with E-state index in [0.29, 0.717) is 28.6 Å². The Morgan fingerprint density at radius 1 is 0.644 bits per heavy atom. The zero-order valence-corrected chi connectivity index (χ0v) is 35.2. The summed E-state index contributed by atoms with van der Waals surface area (Å²) >= 11 is 0. The molecule has 3 aromatic carbocycles. The van der Waals surface area contributed by atoms with E-state index in [-0.39, 0.29) is 32.1 Å². The van der Waals surface area contributed by atoms with E-state index in [9.17, 15) is 19.7 Å². The van der Waals surface area contributed by atoms with E-state index in [1.165, 1.54) is 94.9 Å². The average Bonchev–Trinajstić information content (AvgIpc) is 3.24. The summed E-state index contributed by atoms with van der Waals surface area (Å²) in [7, 11) is 0. The first kappa shape index (κ1) is 47.5. The fourth-order valence-corrected chi connectivity index (χ4v) is 6.16. The predicted octanol–water partition coefficient (Wildman–Crippen LogP) is 10.5. The summed E-state index contributed by atoms with van der Waals surface area (Å²) in [5, 5.41) is 11.2. The topological polar surface area (TPSA) is 166 Å². The first-order valence-corrected chi connectivity index (χ1v) is 20.8. The lowest BCUT2D eigenvalue weighted by atomic mass is 10.1. The summed E-state index contributed by atoms with van der Waals surface area (Å²) in [6, 6.07) is 15.7. The molecule has 0 atom stereocenters. The van der Waals surface area contributed by atoms with Crippen LogP contribution in [0.15, 0.2) is 79.9 Å². The number of hydrogen-bond donors (Lipinski definition) is 4. The van der Waals surface area contributed by atoms with Gasteiger partial charge in [0, 0.05) is 55.2 Å². The third-order valence-corrected chi connectivity index (χ3v) is 9.48. The van der Waals surface area contributed by atoms with Crippen LogP contribution < -0.4 is 36.1 Å². The first-order chi connectivity index (χ1) is 28.7. The highest BCUT2D eigenvalue weighted by atomic mass is 16.6. The van der Waals surface area contributed by atoms with E-state index < -0.39 is 16.9 Å². The second kappa shape index (κ2) is 27.7. The van der Waals surface area contributed by atoms with Crippen LogP contribution in [0.1, 0.15) is 96.5 Å². The largest absolute Gasteiger partial charge is 0.488 e. The van der Waals surface area contributed by atoms with Gasteiger partial charge in [0.05, 0.1) is 27.7 Å². The number of rotatable bonds is 32. The van der Waals surface area contributed by atoms with Gasteiger partial charge in [0.15, 0.2) is 0 Å². The molecule has 0 bridgehead atoms. The van der Waals surface area contributed by atoms with Gasteiger partial charge in [0.1, 0.15) is 37.9 Å². The molecule has 0 unspecified atom stereocenters. The fraction of sp³-hybridized carbons (Fsp3) is 0.467. The molecule has 0 spiro atoms. The average molecular weight is 817 g/mol. The Hall–Kier alpha value is -5.92. The lowest BCUT2D eigenvalue weighted by Crippen LogP contribution is -2.26. The molecule has 0 heterocycles. The van der Waals surface area contributed by atoms with Crippen LogP contribution in [-0.2, 0) is 19.1 Å². The smallest absolute Gasteiger partial charge is 0.330 e. The standard InChI is InChI=1S/C45H64N6O8/c1-6-10-12-14-16-18-26-50(27-19-17-15-13-11-7-2)38-24-25-39(35(5)32-38)47-49-41-34-42(56-28-30-58-44(52)8-3)40(33-43(41)57-29-31-59-45(53)9-4)48-46-36-20-22-37(23-21-36)51(54)55/h8-9,20-25,32-34,46-49H,3-4,6-7,10-19,26-31H2,1-2,5H3. The van der Waals surface area contributed by atoms with Crippen LogP contribution in [0, 0.1) is 17.0 Å². The SMILES string of the molecule is C=CC(=O)OCCOc1cc(NNc2ccc(N(CCCCCCCC)CCCCCCCC)cc2C)c(OCCOC(=O)C=C)cc1NNc1ccc([N+](=O)[O-])cc1. The van der Waals surface area contributed by atoms with Gasteiger partial charge >= 0.3 is 11.9 Å². The number of carbonyl (C=O) groups is 2. The van der Waals surface area contributed by atoms with E-state index in [1.54, 1.807) is 24.3 Å². The molecule has 0 aliphatic heterocycles. The number of hydrogen-bond acceptors (Lipinski definition) is 13. The van der Waals surface area contributed by atoms with Crippen LogP contribution in [-0.4, -0.2) is 56.4 Å². The van der Waals surface area contributed by atoms with Gasteiger partial charge in [-0.3, -0.25) is 21.0 Å². The normalized spacial score (nSPS) is 10.6.